The van der Waals surface area contributed by atoms with Crippen LogP contribution in [-0.2, 0) is 0 Å². The highest BCUT2D eigenvalue weighted by Gasteiger charge is 2.16. The van der Waals surface area contributed by atoms with Gasteiger partial charge in [-0.1, -0.05) is 23.7 Å². The van der Waals surface area contributed by atoms with Gasteiger partial charge in [-0.2, -0.15) is 0 Å². The van der Waals surface area contributed by atoms with Crippen LogP contribution < -0.4 is 14.8 Å². The molecular formula is C16H16ClNO3. The number of rotatable bonds is 3. The summed E-state index contributed by atoms with van der Waals surface area (Å²) in [6.07, 6.45) is 0. The predicted octanol–water partition coefficient (Wildman–Crippen LogP) is 3.99. The van der Waals surface area contributed by atoms with Crippen molar-refractivity contribution in [3.63, 3.8) is 0 Å². The summed E-state index contributed by atoms with van der Waals surface area (Å²) in [6, 6.07) is 10.7. The van der Waals surface area contributed by atoms with Gasteiger partial charge in [0.25, 0.3) is 0 Å². The van der Waals surface area contributed by atoms with Crippen molar-refractivity contribution in [2.75, 3.05) is 18.5 Å². The summed E-state index contributed by atoms with van der Waals surface area (Å²) in [7, 11) is 0. The van der Waals surface area contributed by atoms with Crippen LogP contribution in [0.3, 0.4) is 0 Å². The van der Waals surface area contributed by atoms with Gasteiger partial charge in [0.05, 0.1) is 10.7 Å². The molecule has 0 fully saturated rings. The standard InChI is InChI=1S/C16H16ClNO3/c1-10(11-2-4-12(19)5-3-11)18-14-9-16-15(8-13(14)17)20-6-7-21-16/h2-5,8-10,18-19H,6-7H2,1H3. The van der Waals surface area contributed by atoms with Crippen molar-refractivity contribution in [3.05, 3.63) is 47.0 Å². The molecule has 0 saturated heterocycles. The van der Waals surface area contributed by atoms with Crippen molar-refractivity contribution in [2.24, 2.45) is 0 Å². The Kier molecular flexibility index (Phi) is 3.80. The topological polar surface area (TPSA) is 50.7 Å². The third-order valence-electron chi connectivity index (χ3n) is 3.40. The molecule has 3 rings (SSSR count). The molecule has 2 aromatic carbocycles. The quantitative estimate of drug-likeness (QED) is 0.900. The largest absolute Gasteiger partial charge is 0.508 e. The minimum atomic E-state index is 0.0469. The maximum absolute atomic E-state index is 9.33. The average Bonchev–Trinajstić information content (AvgIpc) is 2.48. The normalized spacial score (nSPS) is 14.6. The second-order valence-electron chi connectivity index (χ2n) is 4.93. The van der Waals surface area contributed by atoms with Gasteiger partial charge in [0.1, 0.15) is 19.0 Å². The van der Waals surface area contributed by atoms with Crippen molar-refractivity contribution < 1.29 is 14.6 Å². The minimum Gasteiger partial charge on any atom is -0.508 e. The van der Waals surface area contributed by atoms with Gasteiger partial charge in [-0.05, 0) is 24.6 Å². The molecule has 110 valence electrons. The van der Waals surface area contributed by atoms with E-state index in [1.54, 1.807) is 18.2 Å². The Balaban J connectivity index is 1.82. The summed E-state index contributed by atoms with van der Waals surface area (Å²) in [5, 5.41) is 13.3. The van der Waals surface area contributed by atoms with Crippen LogP contribution in [0, 0.1) is 0 Å². The number of nitrogens with one attached hydrogen (secondary N) is 1. The number of fused-ring (bicyclic) bond motifs is 1. The lowest BCUT2D eigenvalue weighted by molar-refractivity contribution is 0.171. The Labute approximate surface area is 128 Å². The first-order valence-corrected chi connectivity index (χ1v) is 7.16. The zero-order chi connectivity index (χ0) is 14.8. The van der Waals surface area contributed by atoms with Gasteiger partial charge in [0.15, 0.2) is 11.5 Å². The molecule has 4 nitrogen and oxygen atoms in total. The van der Waals surface area contributed by atoms with E-state index in [4.69, 9.17) is 21.1 Å². The molecule has 2 N–H and O–H groups in total. The van der Waals surface area contributed by atoms with Crippen LogP contribution in [0.15, 0.2) is 36.4 Å². The molecule has 0 amide bonds. The van der Waals surface area contributed by atoms with Crippen LogP contribution >= 0.6 is 11.6 Å². The van der Waals surface area contributed by atoms with Crippen molar-refractivity contribution in [3.8, 4) is 17.2 Å². The summed E-state index contributed by atoms with van der Waals surface area (Å²) >= 11 is 6.28. The summed E-state index contributed by atoms with van der Waals surface area (Å²) in [6.45, 7) is 3.11. The Hall–Kier alpha value is -2.07. The summed E-state index contributed by atoms with van der Waals surface area (Å²) in [5.74, 6) is 1.63. The molecule has 0 saturated carbocycles. The van der Waals surface area contributed by atoms with Crippen LogP contribution in [0.4, 0.5) is 5.69 Å². The van der Waals surface area contributed by atoms with E-state index in [1.807, 2.05) is 25.1 Å². The molecule has 2 aromatic rings. The second kappa shape index (κ2) is 5.74. The molecule has 0 spiro atoms. The van der Waals surface area contributed by atoms with Crippen LogP contribution in [0.5, 0.6) is 17.2 Å². The smallest absolute Gasteiger partial charge is 0.163 e. The molecule has 21 heavy (non-hydrogen) atoms. The lowest BCUT2D eigenvalue weighted by Crippen LogP contribution is -2.16. The van der Waals surface area contributed by atoms with E-state index in [1.165, 1.54) is 0 Å². The van der Waals surface area contributed by atoms with E-state index in [9.17, 15) is 5.11 Å². The summed E-state index contributed by atoms with van der Waals surface area (Å²) < 4.78 is 11.1. The number of halogens is 1. The maximum atomic E-state index is 9.33. The highest BCUT2D eigenvalue weighted by atomic mass is 35.5. The molecule has 0 bridgehead atoms. The monoisotopic (exact) mass is 305 g/mol. The summed E-state index contributed by atoms with van der Waals surface area (Å²) in [5.41, 5.74) is 1.85. The van der Waals surface area contributed by atoms with E-state index in [-0.39, 0.29) is 11.8 Å². The number of aromatic hydroxyl groups is 1. The van der Waals surface area contributed by atoms with E-state index in [2.05, 4.69) is 5.32 Å². The Morgan fingerprint density at radius 1 is 1.10 bits per heavy atom. The van der Waals surface area contributed by atoms with Crippen LogP contribution in [0.25, 0.3) is 0 Å². The number of benzene rings is 2. The average molecular weight is 306 g/mol. The molecule has 1 aliphatic heterocycles. The van der Waals surface area contributed by atoms with E-state index in [0.29, 0.717) is 29.7 Å². The Bertz CT molecular complexity index is 643. The lowest BCUT2D eigenvalue weighted by atomic mass is 10.1. The molecular weight excluding hydrogens is 290 g/mol. The number of anilines is 1. The second-order valence-corrected chi connectivity index (χ2v) is 5.34. The first-order valence-electron chi connectivity index (χ1n) is 6.78. The molecule has 1 unspecified atom stereocenters. The van der Waals surface area contributed by atoms with Crippen LogP contribution in [0.2, 0.25) is 5.02 Å². The van der Waals surface area contributed by atoms with E-state index in [0.717, 1.165) is 11.3 Å². The molecule has 0 aromatic heterocycles. The van der Waals surface area contributed by atoms with Gasteiger partial charge >= 0.3 is 0 Å². The third kappa shape index (κ3) is 3.00. The molecule has 1 aliphatic rings. The van der Waals surface area contributed by atoms with Gasteiger partial charge in [-0.25, -0.2) is 0 Å². The van der Waals surface area contributed by atoms with Gasteiger partial charge < -0.3 is 19.9 Å². The number of hydrogen-bond donors (Lipinski definition) is 2. The number of hydrogen-bond acceptors (Lipinski definition) is 4. The first kappa shape index (κ1) is 13.9. The van der Waals surface area contributed by atoms with E-state index >= 15 is 0 Å². The molecule has 0 radical (unpaired) electrons. The molecule has 1 atom stereocenters. The number of phenolic OH excluding ortho intramolecular Hbond substituents is 1. The van der Waals surface area contributed by atoms with Crippen LogP contribution in [0.1, 0.15) is 18.5 Å². The van der Waals surface area contributed by atoms with Gasteiger partial charge in [0.2, 0.25) is 0 Å². The van der Waals surface area contributed by atoms with Gasteiger partial charge in [-0.3, -0.25) is 0 Å². The minimum absolute atomic E-state index is 0.0469. The number of phenols is 1. The zero-order valence-corrected chi connectivity index (χ0v) is 12.4. The molecule has 0 aliphatic carbocycles. The molecule has 5 heteroatoms. The van der Waals surface area contributed by atoms with Crippen molar-refractivity contribution in [2.45, 2.75) is 13.0 Å². The third-order valence-corrected chi connectivity index (χ3v) is 3.71. The van der Waals surface area contributed by atoms with E-state index < -0.39 is 0 Å². The van der Waals surface area contributed by atoms with Crippen molar-refractivity contribution in [1.82, 2.24) is 0 Å². The Morgan fingerprint density at radius 2 is 1.71 bits per heavy atom. The van der Waals surface area contributed by atoms with Crippen molar-refractivity contribution >= 4 is 17.3 Å². The predicted molar refractivity (Wildman–Crippen MR) is 82.6 cm³/mol. The van der Waals surface area contributed by atoms with Crippen LogP contribution in [-0.4, -0.2) is 18.3 Å². The fraction of sp³-hybridized carbons (Fsp3) is 0.250. The lowest BCUT2D eigenvalue weighted by Gasteiger charge is -2.22. The highest BCUT2D eigenvalue weighted by molar-refractivity contribution is 6.33. The highest BCUT2D eigenvalue weighted by Crippen LogP contribution is 2.39. The SMILES string of the molecule is CC(Nc1cc2c(cc1Cl)OCCO2)c1ccc(O)cc1. The first-order chi connectivity index (χ1) is 10.1. The number of ether oxygens (including phenoxy) is 2. The maximum Gasteiger partial charge on any atom is 0.163 e. The van der Waals surface area contributed by atoms with Gasteiger partial charge in [-0.15, -0.1) is 0 Å². The molecule has 1 heterocycles. The Morgan fingerprint density at radius 3 is 2.38 bits per heavy atom. The van der Waals surface area contributed by atoms with Crippen molar-refractivity contribution in [1.29, 1.82) is 0 Å². The fourth-order valence-corrected chi connectivity index (χ4v) is 2.46. The summed E-state index contributed by atoms with van der Waals surface area (Å²) in [4.78, 5) is 0. The van der Waals surface area contributed by atoms with Gasteiger partial charge in [0, 0.05) is 18.2 Å². The zero-order valence-electron chi connectivity index (χ0n) is 11.6. The fourth-order valence-electron chi connectivity index (χ4n) is 2.25.